The second-order valence-electron chi connectivity index (χ2n) is 6.94. The second-order valence-corrected chi connectivity index (χ2v) is 6.94. The van der Waals surface area contributed by atoms with Gasteiger partial charge in [0.1, 0.15) is 5.75 Å². The number of aromatic amines is 1. The summed E-state index contributed by atoms with van der Waals surface area (Å²) in [6.07, 6.45) is 1.16. The van der Waals surface area contributed by atoms with Gasteiger partial charge >= 0.3 is 5.97 Å². The summed E-state index contributed by atoms with van der Waals surface area (Å²) in [6, 6.07) is 13.8. The van der Waals surface area contributed by atoms with Crippen LogP contribution in [0.3, 0.4) is 0 Å². The third-order valence-electron chi connectivity index (χ3n) is 5.26. The molecule has 1 aromatic heterocycles. The number of nitrogens with one attached hydrogen (secondary N) is 2. The fourth-order valence-corrected chi connectivity index (χ4v) is 3.97. The van der Waals surface area contributed by atoms with Crippen LogP contribution in [0, 0.1) is 6.92 Å². The lowest BCUT2D eigenvalue weighted by Crippen LogP contribution is -2.54. The van der Waals surface area contributed by atoms with Crippen molar-refractivity contribution in [1.29, 1.82) is 0 Å². The van der Waals surface area contributed by atoms with Gasteiger partial charge in [-0.1, -0.05) is 23.8 Å². The lowest BCUT2D eigenvalue weighted by atomic mass is 9.82. The average Bonchev–Trinajstić information content (AvgIpc) is 3.01. The van der Waals surface area contributed by atoms with Crippen LogP contribution in [0.4, 0.5) is 0 Å². The number of aryl methyl sites for hydroxylation is 1. The smallest absolute Gasteiger partial charge is 0.330 e. The van der Waals surface area contributed by atoms with Gasteiger partial charge < -0.3 is 14.8 Å². The number of aromatic nitrogens is 1. The minimum atomic E-state index is -1.17. The van der Waals surface area contributed by atoms with Gasteiger partial charge in [-0.3, -0.25) is 5.32 Å². The van der Waals surface area contributed by atoms with Gasteiger partial charge in [-0.15, -0.1) is 0 Å². The van der Waals surface area contributed by atoms with E-state index >= 15 is 0 Å². The van der Waals surface area contributed by atoms with Crippen LogP contribution in [-0.4, -0.2) is 29.7 Å². The molecule has 0 radical (unpaired) electrons. The van der Waals surface area contributed by atoms with Crippen molar-refractivity contribution in [1.82, 2.24) is 10.3 Å². The van der Waals surface area contributed by atoms with E-state index in [0.29, 0.717) is 13.0 Å². The maximum absolute atomic E-state index is 12.4. The van der Waals surface area contributed by atoms with Crippen LogP contribution in [0.15, 0.2) is 42.5 Å². The second kappa shape index (κ2) is 6.18. The fraction of sp³-hybridized carbons (Fsp3) is 0.286. The third-order valence-corrected chi connectivity index (χ3v) is 5.26. The van der Waals surface area contributed by atoms with Crippen LogP contribution in [0.1, 0.15) is 22.4 Å². The molecule has 1 atom stereocenters. The monoisotopic (exact) mass is 350 g/mol. The first kappa shape index (κ1) is 16.7. The minimum Gasteiger partial charge on any atom is -0.497 e. The van der Waals surface area contributed by atoms with E-state index < -0.39 is 11.5 Å². The van der Waals surface area contributed by atoms with Gasteiger partial charge in [0, 0.05) is 23.9 Å². The van der Waals surface area contributed by atoms with Crippen molar-refractivity contribution in [2.75, 3.05) is 13.7 Å². The number of benzene rings is 2. The molecule has 4 rings (SSSR count). The van der Waals surface area contributed by atoms with Gasteiger partial charge in [0.2, 0.25) is 0 Å². The molecule has 0 amide bonds. The SMILES string of the molecule is COc1cccc(CC2(C(=O)O)NCCc3c2[nH]c2ccc(C)cc32)c1. The van der Waals surface area contributed by atoms with E-state index in [2.05, 4.69) is 23.3 Å². The quantitative estimate of drug-likeness (QED) is 0.676. The Hall–Kier alpha value is -2.79. The zero-order valence-electron chi connectivity index (χ0n) is 14.9. The van der Waals surface area contributed by atoms with Gasteiger partial charge in [-0.05, 0) is 48.7 Å². The minimum absolute atomic E-state index is 0.346. The highest BCUT2D eigenvalue weighted by Crippen LogP contribution is 2.37. The molecule has 134 valence electrons. The first-order chi connectivity index (χ1) is 12.5. The molecule has 5 nitrogen and oxygen atoms in total. The largest absolute Gasteiger partial charge is 0.497 e. The Balaban J connectivity index is 1.87. The Labute approximate surface area is 152 Å². The number of hydrogen-bond donors (Lipinski definition) is 3. The maximum atomic E-state index is 12.4. The Kier molecular flexibility index (Phi) is 3.96. The summed E-state index contributed by atoms with van der Waals surface area (Å²) < 4.78 is 5.29. The van der Waals surface area contributed by atoms with Gasteiger partial charge in [0.05, 0.1) is 12.8 Å². The zero-order chi connectivity index (χ0) is 18.3. The van der Waals surface area contributed by atoms with E-state index in [1.165, 1.54) is 5.56 Å². The number of aliphatic carboxylic acids is 1. The molecule has 3 N–H and O–H groups in total. The van der Waals surface area contributed by atoms with E-state index in [1.807, 2.05) is 36.4 Å². The Bertz CT molecular complexity index is 992. The first-order valence-corrected chi connectivity index (χ1v) is 8.76. The molecule has 0 spiro atoms. The summed E-state index contributed by atoms with van der Waals surface area (Å²) >= 11 is 0. The number of carboxylic acid groups (broad SMARTS) is 1. The normalized spacial score (nSPS) is 19.3. The van der Waals surface area contributed by atoms with E-state index in [-0.39, 0.29) is 0 Å². The van der Waals surface area contributed by atoms with Crippen molar-refractivity contribution in [3.05, 3.63) is 64.8 Å². The fourth-order valence-electron chi connectivity index (χ4n) is 3.97. The van der Waals surface area contributed by atoms with Crippen molar-refractivity contribution < 1.29 is 14.6 Å². The lowest BCUT2D eigenvalue weighted by molar-refractivity contribution is -0.145. The van der Waals surface area contributed by atoms with E-state index in [0.717, 1.165) is 39.9 Å². The molecule has 1 unspecified atom stereocenters. The number of H-pyrrole nitrogens is 1. The molecular formula is C21H22N2O3. The number of carboxylic acids is 1. The van der Waals surface area contributed by atoms with Crippen molar-refractivity contribution in [2.45, 2.75) is 25.3 Å². The molecule has 0 saturated carbocycles. The molecular weight excluding hydrogens is 328 g/mol. The number of rotatable bonds is 4. The predicted molar refractivity (Wildman–Crippen MR) is 101 cm³/mol. The van der Waals surface area contributed by atoms with Crippen LogP contribution in [0.25, 0.3) is 10.9 Å². The molecule has 0 bridgehead atoms. The molecule has 5 heteroatoms. The molecule has 3 aromatic rings. The molecule has 0 aliphatic carbocycles. The third kappa shape index (κ3) is 2.56. The molecule has 1 aliphatic heterocycles. The topological polar surface area (TPSA) is 74.3 Å². The molecule has 2 aromatic carbocycles. The van der Waals surface area contributed by atoms with Crippen LogP contribution in [0.5, 0.6) is 5.75 Å². The highest BCUT2D eigenvalue weighted by atomic mass is 16.5. The molecule has 1 aliphatic rings. The van der Waals surface area contributed by atoms with Crippen molar-refractivity contribution in [3.8, 4) is 5.75 Å². The molecule has 26 heavy (non-hydrogen) atoms. The van der Waals surface area contributed by atoms with E-state index in [4.69, 9.17) is 4.74 Å². The van der Waals surface area contributed by atoms with Crippen molar-refractivity contribution >= 4 is 16.9 Å². The summed E-state index contributed by atoms with van der Waals surface area (Å²) in [6.45, 7) is 2.69. The summed E-state index contributed by atoms with van der Waals surface area (Å²) in [5, 5.41) is 14.6. The van der Waals surface area contributed by atoms with Crippen LogP contribution in [-0.2, 0) is 23.2 Å². The highest BCUT2D eigenvalue weighted by molar-refractivity contribution is 5.90. The number of methoxy groups -OCH3 is 1. The molecule has 2 heterocycles. The predicted octanol–water partition coefficient (Wildman–Crippen LogP) is 3.15. The number of ether oxygens (including phenoxy) is 1. The maximum Gasteiger partial charge on any atom is 0.330 e. The Morgan fingerprint density at radius 3 is 2.88 bits per heavy atom. The van der Waals surface area contributed by atoms with Gasteiger partial charge in [0.15, 0.2) is 5.54 Å². The van der Waals surface area contributed by atoms with Crippen molar-refractivity contribution in [3.63, 3.8) is 0 Å². The molecule has 0 saturated heterocycles. The summed E-state index contributed by atoms with van der Waals surface area (Å²) in [7, 11) is 1.61. The van der Waals surface area contributed by atoms with Gasteiger partial charge in [-0.25, -0.2) is 4.79 Å². The number of hydrogen-bond acceptors (Lipinski definition) is 3. The summed E-state index contributed by atoms with van der Waals surface area (Å²) in [4.78, 5) is 15.8. The average molecular weight is 350 g/mol. The van der Waals surface area contributed by atoms with Crippen LogP contribution in [0.2, 0.25) is 0 Å². The standard InChI is InChI=1S/C21H22N2O3/c1-13-6-7-18-17(10-13)16-8-9-22-21(20(24)25,19(16)23-18)12-14-4-3-5-15(11-14)26-2/h3-7,10-11,22-23H,8-9,12H2,1-2H3,(H,24,25). The zero-order valence-corrected chi connectivity index (χ0v) is 14.9. The highest BCUT2D eigenvalue weighted by Gasteiger charge is 2.45. The number of carbonyl (C=O) groups is 1. The van der Waals surface area contributed by atoms with E-state index in [1.54, 1.807) is 7.11 Å². The van der Waals surface area contributed by atoms with Gasteiger partial charge in [0.25, 0.3) is 0 Å². The summed E-state index contributed by atoms with van der Waals surface area (Å²) in [5.41, 5.74) is 3.77. The Morgan fingerprint density at radius 2 is 2.12 bits per heavy atom. The van der Waals surface area contributed by atoms with Crippen LogP contribution >= 0.6 is 0 Å². The first-order valence-electron chi connectivity index (χ1n) is 8.76. The van der Waals surface area contributed by atoms with Crippen molar-refractivity contribution in [2.24, 2.45) is 0 Å². The summed E-state index contributed by atoms with van der Waals surface area (Å²) in [5.74, 6) is -0.143. The lowest BCUT2D eigenvalue weighted by Gasteiger charge is -2.35. The number of fused-ring (bicyclic) bond motifs is 3. The van der Waals surface area contributed by atoms with Gasteiger partial charge in [-0.2, -0.15) is 0 Å². The molecule has 0 fully saturated rings. The van der Waals surface area contributed by atoms with E-state index in [9.17, 15) is 9.90 Å². The van der Waals surface area contributed by atoms with Crippen LogP contribution < -0.4 is 10.1 Å². The Morgan fingerprint density at radius 1 is 1.27 bits per heavy atom.